The number of hydrogen-bond donors (Lipinski definition) is 9. The Morgan fingerprint density at radius 3 is 1.25 bits per heavy atom. The molecule has 0 radical (unpaired) electrons. The number of aliphatic hydroxyl groups is 8. The van der Waals surface area contributed by atoms with Crippen LogP contribution >= 0.6 is 0 Å². The Labute approximate surface area is 413 Å². The molecule has 2 heterocycles. The molecular formula is C54H105NO13. The van der Waals surface area contributed by atoms with Crippen molar-refractivity contribution >= 4 is 5.91 Å². The lowest BCUT2D eigenvalue weighted by Gasteiger charge is -2.46. The number of amides is 1. The minimum atomic E-state index is -1.78. The molecule has 2 fully saturated rings. The Bertz CT molecular complexity index is 1150. The fourth-order valence-corrected chi connectivity index (χ4v) is 9.71. The Morgan fingerprint density at radius 1 is 0.471 bits per heavy atom. The second kappa shape index (κ2) is 41.5. The van der Waals surface area contributed by atoms with Gasteiger partial charge in [0.2, 0.25) is 5.91 Å². The number of hydrogen-bond acceptors (Lipinski definition) is 13. The molecule has 2 aliphatic rings. The molecule has 9 N–H and O–H groups in total. The predicted molar refractivity (Wildman–Crippen MR) is 268 cm³/mol. The van der Waals surface area contributed by atoms with Gasteiger partial charge in [0.15, 0.2) is 12.6 Å². The van der Waals surface area contributed by atoms with E-state index in [9.17, 15) is 45.6 Å². The van der Waals surface area contributed by atoms with E-state index in [1.807, 2.05) is 0 Å². The molecule has 68 heavy (non-hydrogen) atoms. The Morgan fingerprint density at radius 2 is 0.838 bits per heavy atom. The van der Waals surface area contributed by atoms with Gasteiger partial charge in [0.25, 0.3) is 0 Å². The molecule has 404 valence electrons. The van der Waals surface area contributed by atoms with E-state index in [0.717, 1.165) is 44.9 Å². The van der Waals surface area contributed by atoms with Crippen molar-refractivity contribution < 1.29 is 64.6 Å². The summed E-state index contributed by atoms with van der Waals surface area (Å²) in [5.41, 5.74) is 0. The summed E-state index contributed by atoms with van der Waals surface area (Å²) in [6.45, 7) is 2.70. The molecule has 1 amide bonds. The van der Waals surface area contributed by atoms with E-state index in [1.165, 1.54) is 173 Å². The molecule has 12 atom stereocenters. The van der Waals surface area contributed by atoms with Crippen LogP contribution in [-0.4, -0.2) is 140 Å². The average Bonchev–Trinajstić information content (AvgIpc) is 3.33. The van der Waals surface area contributed by atoms with E-state index in [2.05, 4.69) is 19.2 Å². The number of carbonyl (C=O) groups excluding carboxylic acids is 1. The maximum absolute atomic E-state index is 13.0. The van der Waals surface area contributed by atoms with Gasteiger partial charge in [0, 0.05) is 6.42 Å². The molecule has 0 aromatic heterocycles. The van der Waals surface area contributed by atoms with Crippen LogP contribution in [0.2, 0.25) is 0 Å². The van der Waals surface area contributed by atoms with Crippen LogP contribution in [-0.2, 0) is 23.7 Å². The molecule has 2 rings (SSSR count). The van der Waals surface area contributed by atoms with Crippen molar-refractivity contribution in [2.45, 2.75) is 319 Å². The monoisotopic (exact) mass is 976 g/mol. The molecule has 0 bridgehead atoms. The van der Waals surface area contributed by atoms with Crippen molar-refractivity contribution in [1.29, 1.82) is 0 Å². The van der Waals surface area contributed by atoms with Gasteiger partial charge in [-0.2, -0.15) is 0 Å². The second-order valence-corrected chi connectivity index (χ2v) is 20.4. The molecule has 0 aromatic carbocycles. The zero-order valence-electron chi connectivity index (χ0n) is 43.1. The number of nitrogens with one attached hydrogen (secondary N) is 1. The fraction of sp³-hybridized carbons (Fsp3) is 0.981. The largest absolute Gasteiger partial charge is 0.394 e. The van der Waals surface area contributed by atoms with Crippen LogP contribution in [0.15, 0.2) is 0 Å². The average molecular weight is 976 g/mol. The predicted octanol–water partition coefficient (Wildman–Crippen LogP) is 8.56. The van der Waals surface area contributed by atoms with Gasteiger partial charge < -0.3 is 65.1 Å². The first kappa shape index (κ1) is 63.1. The Kier molecular flexibility index (Phi) is 38.5. The molecule has 14 nitrogen and oxygen atoms in total. The molecule has 12 unspecified atom stereocenters. The standard InChI is InChI=1S/C54H105NO13/c1-3-5-7-8-9-10-11-12-13-14-15-16-17-18-19-20-21-22-23-24-25-26-27-28-29-30-31-32-33-34-36-38-46(59)55-42(43(58)37-35-6-4-2)41-65-53-51(64)49(62)52(45(40-57)67-53)68-54-50(63)48(61)47(60)44(39-56)66-54/h42-45,47-54,56-58,60-64H,3-41H2,1-2H3,(H,55,59). The third-order valence-corrected chi connectivity index (χ3v) is 14.3. The molecule has 0 aromatic rings. The van der Waals surface area contributed by atoms with Crippen molar-refractivity contribution in [2.24, 2.45) is 0 Å². The normalized spacial score (nSPS) is 26.3. The first-order chi connectivity index (χ1) is 33.1. The Balaban J connectivity index is 1.50. The molecule has 2 aliphatic heterocycles. The lowest BCUT2D eigenvalue weighted by atomic mass is 9.97. The number of carbonyl (C=O) groups is 1. The number of rotatable bonds is 45. The van der Waals surface area contributed by atoms with Crippen LogP contribution in [0, 0.1) is 0 Å². The van der Waals surface area contributed by atoms with E-state index >= 15 is 0 Å². The van der Waals surface area contributed by atoms with Crippen LogP contribution in [0.4, 0.5) is 0 Å². The summed E-state index contributed by atoms with van der Waals surface area (Å²) in [5.74, 6) is -0.213. The highest BCUT2D eigenvalue weighted by atomic mass is 16.7. The van der Waals surface area contributed by atoms with Crippen LogP contribution < -0.4 is 5.32 Å². The van der Waals surface area contributed by atoms with Crippen LogP contribution in [0.25, 0.3) is 0 Å². The van der Waals surface area contributed by atoms with Gasteiger partial charge in [0.05, 0.1) is 32.0 Å². The molecule has 0 aliphatic carbocycles. The van der Waals surface area contributed by atoms with E-state index in [1.54, 1.807) is 0 Å². The summed E-state index contributed by atoms with van der Waals surface area (Å²) in [5, 5.41) is 86.1. The highest BCUT2D eigenvalue weighted by molar-refractivity contribution is 5.76. The lowest BCUT2D eigenvalue weighted by molar-refractivity contribution is -0.359. The van der Waals surface area contributed by atoms with Gasteiger partial charge in [-0.25, -0.2) is 0 Å². The summed E-state index contributed by atoms with van der Waals surface area (Å²) < 4.78 is 22.6. The van der Waals surface area contributed by atoms with Gasteiger partial charge in [-0.3, -0.25) is 4.79 Å². The summed E-state index contributed by atoms with van der Waals surface area (Å²) in [6, 6.07) is -0.818. The minimum Gasteiger partial charge on any atom is -0.394 e. The van der Waals surface area contributed by atoms with Gasteiger partial charge in [-0.1, -0.05) is 226 Å². The Hall–Kier alpha value is -1.01. The molecule has 0 saturated carbocycles. The summed E-state index contributed by atoms with van der Waals surface area (Å²) in [7, 11) is 0. The highest BCUT2D eigenvalue weighted by Crippen LogP contribution is 2.30. The van der Waals surface area contributed by atoms with Crippen molar-refractivity contribution in [3.05, 3.63) is 0 Å². The summed E-state index contributed by atoms with van der Waals surface area (Å²) in [6.07, 6.45) is 28.3. The summed E-state index contributed by atoms with van der Waals surface area (Å²) >= 11 is 0. The second-order valence-electron chi connectivity index (χ2n) is 20.4. The number of aliphatic hydroxyl groups excluding tert-OH is 8. The minimum absolute atomic E-state index is 0.213. The zero-order chi connectivity index (χ0) is 49.6. The zero-order valence-corrected chi connectivity index (χ0v) is 43.1. The van der Waals surface area contributed by atoms with Crippen molar-refractivity contribution in [3.8, 4) is 0 Å². The molecular weight excluding hydrogens is 871 g/mol. The fourth-order valence-electron chi connectivity index (χ4n) is 9.71. The number of unbranched alkanes of at least 4 members (excludes halogenated alkanes) is 32. The van der Waals surface area contributed by atoms with Crippen LogP contribution in [0.1, 0.15) is 245 Å². The van der Waals surface area contributed by atoms with Crippen LogP contribution in [0.3, 0.4) is 0 Å². The van der Waals surface area contributed by atoms with E-state index < -0.39 is 86.8 Å². The van der Waals surface area contributed by atoms with E-state index in [0.29, 0.717) is 12.8 Å². The summed E-state index contributed by atoms with van der Waals surface area (Å²) in [4.78, 5) is 13.0. The maximum Gasteiger partial charge on any atom is 0.220 e. The van der Waals surface area contributed by atoms with E-state index in [4.69, 9.17) is 18.9 Å². The van der Waals surface area contributed by atoms with Gasteiger partial charge in [-0.05, 0) is 12.8 Å². The third kappa shape index (κ3) is 27.7. The van der Waals surface area contributed by atoms with Gasteiger partial charge >= 0.3 is 0 Å². The quantitative estimate of drug-likeness (QED) is 0.0261. The van der Waals surface area contributed by atoms with Crippen molar-refractivity contribution in [1.82, 2.24) is 5.32 Å². The van der Waals surface area contributed by atoms with Gasteiger partial charge in [-0.15, -0.1) is 0 Å². The van der Waals surface area contributed by atoms with E-state index in [-0.39, 0.29) is 12.5 Å². The van der Waals surface area contributed by atoms with Crippen molar-refractivity contribution in [3.63, 3.8) is 0 Å². The lowest BCUT2D eigenvalue weighted by Crippen LogP contribution is -2.65. The SMILES string of the molecule is CCCCCCCCCCCCCCCCCCCCCCCCCCCCCCCCCC(=O)NC(COC1OC(CO)C(OC2OC(CO)C(O)C(O)C2O)C(O)C1O)C(O)CCCCC. The van der Waals surface area contributed by atoms with Crippen molar-refractivity contribution in [2.75, 3.05) is 19.8 Å². The number of ether oxygens (including phenoxy) is 4. The molecule has 14 heteroatoms. The molecule has 0 spiro atoms. The highest BCUT2D eigenvalue weighted by Gasteiger charge is 2.51. The third-order valence-electron chi connectivity index (χ3n) is 14.3. The maximum atomic E-state index is 13.0. The van der Waals surface area contributed by atoms with Crippen LogP contribution in [0.5, 0.6) is 0 Å². The first-order valence-corrected chi connectivity index (χ1v) is 28.3. The smallest absolute Gasteiger partial charge is 0.220 e. The van der Waals surface area contributed by atoms with Gasteiger partial charge in [0.1, 0.15) is 48.8 Å². The topological polar surface area (TPSA) is 228 Å². The molecule has 2 saturated heterocycles. The first-order valence-electron chi connectivity index (χ1n) is 28.3.